The van der Waals surface area contributed by atoms with Crippen molar-refractivity contribution in [1.29, 1.82) is 0 Å². The first-order chi connectivity index (χ1) is 13.2. The third-order valence-electron chi connectivity index (χ3n) is 4.48. The van der Waals surface area contributed by atoms with Crippen molar-refractivity contribution in [2.75, 3.05) is 21.3 Å². The third-order valence-corrected chi connectivity index (χ3v) is 5.70. The summed E-state index contributed by atoms with van der Waals surface area (Å²) in [6.07, 6.45) is 1.85. The number of nitrogens with zero attached hydrogens (tertiary/aromatic N) is 1. The summed E-state index contributed by atoms with van der Waals surface area (Å²) < 4.78 is 17.2. The molecule has 0 unspecified atom stereocenters. The Morgan fingerprint density at radius 1 is 0.741 bits per heavy atom. The Morgan fingerprint density at radius 3 is 2.07 bits per heavy atom. The van der Waals surface area contributed by atoms with Crippen LogP contribution in [0.2, 0.25) is 0 Å². The summed E-state index contributed by atoms with van der Waals surface area (Å²) in [6, 6.07) is 18.2. The highest BCUT2D eigenvalue weighted by atomic mass is 32.1. The fourth-order valence-electron chi connectivity index (χ4n) is 3.08. The van der Waals surface area contributed by atoms with Crippen molar-refractivity contribution in [2.24, 2.45) is 0 Å². The van der Waals surface area contributed by atoms with Crippen LogP contribution in [0.3, 0.4) is 0 Å². The van der Waals surface area contributed by atoms with E-state index in [0.29, 0.717) is 5.88 Å². The SMILES string of the molecule is COc1ccc(-c2sc3ccc(OC)cc3c2-c2ccc(OC)nc2)cc1. The highest BCUT2D eigenvalue weighted by Gasteiger charge is 2.17. The van der Waals surface area contributed by atoms with Gasteiger partial charge in [-0.1, -0.05) is 0 Å². The molecule has 4 nitrogen and oxygen atoms in total. The van der Waals surface area contributed by atoms with E-state index in [9.17, 15) is 0 Å². The van der Waals surface area contributed by atoms with Crippen LogP contribution in [0.25, 0.3) is 31.7 Å². The lowest BCUT2D eigenvalue weighted by molar-refractivity contribution is 0.398. The van der Waals surface area contributed by atoms with E-state index in [1.165, 1.54) is 9.58 Å². The van der Waals surface area contributed by atoms with Crippen LogP contribution in [-0.2, 0) is 0 Å². The summed E-state index contributed by atoms with van der Waals surface area (Å²) in [5.41, 5.74) is 3.33. The van der Waals surface area contributed by atoms with Crippen molar-refractivity contribution in [2.45, 2.75) is 0 Å². The molecule has 4 aromatic rings. The predicted molar refractivity (Wildman–Crippen MR) is 110 cm³/mol. The molecule has 0 radical (unpaired) electrons. The van der Waals surface area contributed by atoms with Crippen molar-refractivity contribution in [3.63, 3.8) is 0 Å². The van der Waals surface area contributed by atoms with E-state index >= 15 is 0 Å². The quantitative estimate of drug-likeness (QED) is 0.450. The van der Waals surface area contributed by atoms with E-state index < -0.39 is 0 Å². The first kappa shape index (κ1) is 17.4. The number of hydrogen-bond donors (Lipinski definition) is 0. The zero-order valence-corrected chi connectivity index (χ0v) is 16.2. The number of benzene rings is 2. The molecular formula is C22H19NO3S. The fourth-order valence-corrected chi connectivity index (χ4v) is 4.30. The largest absolute Gasteiger partial charge is 0.497 e. The molecule has 0 atom stereocenters. The predicted octanol–water partition coefficient (Wildman–Crippen LogP) is 5.66. The van der Waals surface area contributed by atoms with Crippen LogP contribution >= 0.6 is 11.3 Å². The first-order valence-corrected chi connectivity index (χ1v) is 9.30. The average Bonchev–Trinajstić information content (AvgIpc) is 3.12. The summed E-state index contributed by atoms with van der Waals surface area (Å²) in [6.45, 7) is 0. The molecule has 27 heavy (non-hydrogen) atoms. The van der Waals surface area contributed by atoms with Crippen LogP contribution < -0.4 is 14.2 Å². The molecule has 5 heteroatoms. The Hall–Kier alpha value is -3.05. The Morgan fingerprint density at radius 2 is 1.44 bits per heavy atom. The van der Waals surface area contributed by atoms with Crippen LogP contribution in [0.15, 0.2) is 60.8 Å². The molecule has 0 aliphatic heterocycles. The lowest BCUT2D eigenvalue weighted by atomic mass is 10.00. The van der Waals surface area contributed by atoms with Crippen molar-refractivity contribution in [1.82, 2.24) is 4.98 Å². The summed E-state index contributed by atoms with van der Waals surface area (Å²) in [4.78, 5) is 5.58. The summed E-state index contributed by atoms with van der Waals surface area (Å²) in [5, 5.41) is 1.15. The fraction of sp³-hybridized carbons (Fsp3) is 0.136. The van der Waals surface area contributed by atoms with Crippen molar-refractivity contribution >= 4 is 21.4 Å². The molecule has 0 fully saturated rings. The molecule has 0 saturated carbocycles. The lowest BCUT2D eigenvalue weighted by Gasteiger charge is -2.08. The molecule has 0 N–H and O–H groups in total. The van der Waals surface area contributed by atoms with E-state index in [-0.39, 0.29) is 0 Å². The average molecular weight is 377 g/mol. The minimum atomic E-state index is 0.599. The number of hydrogen-bond acceptors (Lipinski definition) is 5. The molecule has 0 bridgehead atoms. The number of thiophene rings is 1. The zero-order chi connectivity index (χ0) is 18.8. The topological polar surface area (TPSA) is 40.6 Å². The van der Waals surface area contributed by atoms with Gasteiger partial charge in [0.25, 0.3) is 0 Å². The van der Waals surface area contributed by atoms with E-state index in [4.69, 9.17) is 14.2 Å². The highest BCUT2D eigenvalue weighted by molar-refractivity contribution is 7.23. The van der Waals surface area contributed by atoms with Gasteiger partial charge < -0.3 is 14.2 Å². The number of pyridine rings is 1. The molecule has 2 heterocycles. The molecule has 0 amide bonds. The minimum absolute atomic E-state index is 0.599. The maximum Gasteiger partial charge on any atom is 0.212 e. The third kappa shape index (κ3) is 3.22. The van der Waals surface area contributed by atoms with Gasteiger partial charge in [-0.3, -0.25) is 0 Å². The number of fused-ring (bicyclic) bond motifs is 1. The zero-order valence-electron chi connectivity index (χ0n) is 15.4. The van der Waals surface area contributed by atoms with Crippen LogP contribution in [0.4, 0.5) is 0 Å². The van der Waals surface area contributed by atoms with Crippen molar-refractivity contribution in [3.8, 4) is 38.9 Å². The standard InChI is InChI=1S/C22H19NO3S/c1-24-16-7-4-14(5-8-16)22-21(15-6-11-20(26-3)23-13-15)18-12-17(25-2)9-10-19(18)27-22/h4-13H,1-3H3. The first-order valence-electron chi connectivity index (χ1n) is 8.49. The van der Waals surface area contributed by atoms with Gasteiger partial charge in [0.1, 0.15) is 11.5 Å². The smallest absolute Gasteiger partial charge is 0.212 e. The Bertz CT molecular complexity index is 1070. The van der Waals surface area contributed by atoms with Gasteiger partial charge in [0.05, 0.1) is 21.3 Å². The van der Waals surface area contributed by atoms with Crippen molar-refractivity contribution in [3.05, 3.63) is 60.8 Å². The minimum Gasteiger partial charge on any atom is -0.497 e. The molecular weight excluding hydrogens is 358 g/mol. The van der Waals surface area contributed by atoms with E-state index in [2.05, 4.69) is 29.2 Å². The summed E-state index contributed by atoms with van der Waals surface area (Å²) in [7, 11) is 4.98. The van der Waals surface area contributed by atoms with Gasteiger partial charge in [-0.2, -0.15) is 0 Å². The summed E-state index contributed by atoms with van der Waals surface area (Å²) in [5.74, 6) is 2.28. The monoisotopic (exact) mass is 377 g/mol. The van der Waals surface area contributed by atoms with E-state index in [1.54, 1.807) is 32.7 Å². The van der Waals surface area contributed by atoms with Gasteiger partial charge >= 0.3 is 0 Å². The van der Waals surface area contributed by atoms with Crippen LogP contribution in [0.5, 0.6) is 17.4 Å². The van der Waals surface area contributed by atoms with Crippen LogP contribution in [-0.4, -0.2) is 26.3 Å². The van der Waals surface area contributed by atoms with Crippen molar-refractivity contribution < 1.29 is 14.2 Å². The maximum absolute atomic E-state index is 5.45. The van der Waals surface area contributed by atoms with E-state index in [0.717, 1.165) is 33.6 Å². The second kappa shape index (κ2) is 7.29. The molecule has 0 spiro atoms. The van der Waals surface area contributed by atoms with Gasteiger partial charge in [-0.15, -0.1) is 11.3 Å². The lowest BCUT2D eigenvalue weighted by Crippen LogP contribution is -1.88. The van der Waals surface area contributed by atoms with Gasteiger partial charge in [0.2, 0.25) is 5.88 Å². The molecule has 0 saturated heterocycles. The number of methoxy groups -OCH3 is 3. The van der Waals surface area contributed by atoms with Gasteiger partial charge in [0.15, 0.2) is 0 Å². The number of aromatic nitrogens is 1. The molecule has 0 aliphatic carbocycles. The Labute approximate surface area is 162 Å². The molecule has 2 aromatic heterocycles. The Kier molecular flexibility index (Phi) is 4.69. The second-order valence-corrected chi connectivity index (χ2v) is 7.04. The second-order valence-electron chi connectivity index (χ2n) is 5.99. The molecule has 2 aromatic carbocycles. The van der Waals surface area contributed by atoms with Crippen LogP contribution in [0.1, 0.15) is 0 Å². The normalized spacial score (nSPS) is 10.8. The highest BCUT2D eigenvalue weighted by Crippen LogP contribution is 2.46. The number of rotatable bonds is 5. The van der Waals surface area contributed by atoms with Gasteiger partial charge in [-0.25, -0.2) is 4.98 Å². The Balaban J connectivity index is 1.95. The van der Waals surface area contributed by atoms with E-state index in [1.807, 2.05) is 36.5 Å². The maximum atomic E-state index is 5.45. The van der Waals surface area contributed by atoms with Gasteiger partial charge in [-0.05, 0) is 54.1 Å². The summed E-state index contributed by atoms with van der Waals surface area (Å²) >= 11 is 1.76. The number of ether oxygens (including phenoxy) is 3. The van der Waals surface area contributed by atoms with Crippen LogP contribution in [0, 0.1) is 0 Å². The van der Waals surface area contributed by atoms with Gasteiger partial charge in [0, 0.05) is 38.4 Å². The molecule has 4 rings (SSSR count). The molecule has 136 valence electrons. The molecule has 0 aliphatic rings.